The first-order valence-corrected chi connectivity index (χ1v) is 22.1. The Bertz CT molecular complexity index is 3200. The summed E-state index contributed by atoms with van der Waals surface area (Å²) in [6.07, 6.45) is 1.67. The number of phenolic OH excluding ortho intramolecular Hbond substituents is 1. The van der Waals surface area contributed by atoms with Crippen LogP contribution in [-0.2, 0) is 41.6 Å². The van der Waals surface area contributed by atoms with Crippen LogP contribution in [0.15, 0.2) is 92.8 Å². The lowest BCUT2D eigenvalue weighted by molar-refractivity contribution is -0.138. The van der Waals surface area contributed by atoms with Crippen molar-refractivity contribution in [2.75, 3.05) is 33.9 Å². The van der Waals surface area contributed by atoms with E-state index in [2.05, 4.69) is 10.4 Å². The Morgan fingerprint density at radius 2 is 1.58 bits per heavy atom. The standard InChI is InChI=1S/C45H40Cl2IN7O10/c1-51-34-21-36(64-4)35(63-3)20-32(34)49-31(41(51)58)13-14-52-43(60)53-15-12-26-33(55(53)44(52)61)19-27-40(57)54(50-30-11-8-24(46)18-28(30)47)42(59)45(27,23-6-9-25(62-2)10-7-23)38(26)22-16-29(48)39(56)37(17-22)65-5/h6-12,16-18,20-21,27,33,38,50,56H,13-15,19H2,1-5H3. The van der Waals surface area contributed by atoms with E-state index in [1.165, 1.54) is 48.4 Å². The molecule has 0 spiro atoms. The number of nitrogens with one attached hydrogen (secondary N) is 1. The minimum absolute atomic E-state index is 0.0683. The van der Waals surface area contributed by atoms with Crippen LogP contribution in [0.5, 0.6) is 28.7 Å². The average molecular weight is 1040 g/mol. The minimum atomic E-state index is -1.67. The van der Waals surface area contributed by atoms with Gasteiger partial charge in [-0.3, -0.25) is 19.8 Å². The lowest BCUT2D eigenvalue weighted by Gasteiger charge is -2.49. The molecule has 20 heteroatoms. The number of aromatic hydroxyl groups is 1. The normalized spacial score (nSPS) is 20.0. The fourth-order valence-electron chi connectivity index (χ4n) is 9.73. The van der Waals surface area contributed by atoms with Gasteiger partial charge in [-0.25, -0.2) is 28.5 Å². The smallest absolute Gasteiger partial charge is 0.347 e. The summed E-state index contributed by atoms with van der Waals surface area (Å²) in [5.74, 6) is -2.01. The third-order valence-corrected chi connectivity index (χ3v) is 14.1. The topological polar surface area (TPSA) is 190 Å². The van der Waals surface area contributed by atoms with Crippen LogP contribution in [-0.4, -0.2) is 73.9 Å². The fourth-order valence-corrected chi connectivity index (χ4v) is 10.8. The third kappa shape index (κ3) is 6.78. The number of halogens is 3. The van der Waals surface area contributed by atoms with E-state index in [4.69, 9.17) is 42.1 Å². The summed E-state index contributed by atoms with van der Waals surface area (Å²) < 4.78 is 27.5. The van der Waals surface area contributed by atoms with Crippen LogP contribution in [0.3, 0.4) is 0 Å². The van der Waals surface area contributed by atoms with E-state index in [9.17, 15) is 19.5 Å². The molecule has 2 N–H and O–H groups in total. The van der Waals surface area contributed by atoms with Crippen LogP contribution < -0.4 is 41.3 Å². The predicted molar refractivity (Wildman–Crippen MR) is 249 cm³/mol. The van der Waals surface area contributed by atoms with Gasteiger partial charge in [0.1, 0.15) is 11.4 Å². The second-order valence-electron chi connectivity index (χ2n) is 15.8. The molecule has 2 aliphatic heterocycles. The summed E-state index contributed by atoms with van der Waals surface area (Å²) in [7, 11) is 7.50. The Morgan fingerprint density at radius 1 is 0.877 bits per heavy atom. The van der Waals surface area contributed by atoms with Gasteiger partial charge in [-0.2, -0.15) is 5.01 Å². The Kier molecular flexibility index (Phi) is 11.3. The molecule has 17 nitrogen and oxygen atoms in total. The molecule has 2 fully saturated rings. The number of methoxy groups -OCH3 is 4. The number of nitrogens with zero attached hydrogens (tertiary/aromatic N) is 6. The molecule has 4 atom stereocenters. The van der Waals surface area contributed by atoms with Crippen LogP contribution in [0.4, 0.5) is 5.69 Å². The molecule has 0 bridgehead atoms. The van der Waals surface area contributed by atoms with Crippen molar-refractivity contribution in [2.45, 2.75) is 43.3 Å². The number of allylic oxidation sites excluding steroid dienone is 2. The maximum Gasteiger partial charge on any atom is 0.347 e. The zero-order valence-electron chi connectivity index (χ0n) is 35.4. The van der Waals surface area contributed by atoms with E-state index < -0.39 is 52.0 Å². The fraction of sp³-hybridized carbons (Fsp3) is 0.289. The highest BCUT2D eigenvalue weighted by Crippen LogP contribution is 2.62. The average Bonchev–Trinajstić information content (AvgIpc) is 3.68. The molecule has 3 aliphatic rings. The number of fused-ring (bicyclic) bond motifs is 5. The summed E-state index contributed by atoms with van der Waals surface area (Å²) in [4.78, 5) is 78.1. The number of ether oxygens (including phenoxy) is 4. The quantitative estimate of drug-likeness (QED) is 0.0934. The van der Waals surface area contributed by atoms with Gasteiger partial charge in [0.25, 0.3) is 17.4 Å². The highest BCUT2D eigenvalue weighted by Gasteiger charge is 2.69. The predicted octanol–water partition coefficient (Wildman–Crippen LogP) is 5.57. The zero-order valence-corrected chi connectivity index (χ0v) is 39.1. The second kappa shape index (κ2) is 16.6. The third-order valence-electron chi connectivity index (χ3n) is 12.7. The first kappa shape index (κ1) is 44.0. The lowest BCUT2D eigenvalue weighted by atomic mass is 9.53. The number of aryl methyl sites for hydroxylation is 2. The Labute approximate surface area is 393 Å². The van der Waals surface area contributed by atoms with Crippen molar-refractivity contribution in [1.29, 1.82) is 0 Å². The number of rotatable bonds is 11. The van der Waals surface area contributed by atoms with E-state index in [1.807, 2.05) is 28.7 Å². The van der Waals surface area contributed by atoms with Crippen molar-refractivity contribution in [3.63, 3.8) is 0 Å². The van der Waals surface area contributed by atoms with Crippen LogP contribution >= 0.6 is 45.8 Å². The van der Waals surface area contributed by atoms with Crippen molar-refractivity contribution < 1.29 is 33.6 Å². The van der Waals surface area contributed by atoms with Gasteiger partial charge in [0.15, 0.2) is 23.0 Å². The number of aromatic nitrogens is 5. The molecule has 1 saturated carbocycles. The van der Waals surface area contributed by atoms with Crippen molar-refractivity contribution in [3.05, 3.63) is 140 Å². The number of carbonyl (C=O) groups excluding carboxylic acids is 2. The van der Waals surface area contributed by atoms with Gasteiger partial charge in [-0.05, 0) is 88.2 Å². The molecule has 4 heterocycles. The SMILES string of the molecule is COc1ccc(C23C(=O)N(Nc4ccc(Cl)cc4Cl)C(=O)C2CC2C(=CCn4c(=O)n(CCc5nc6cc(OC)c(OC)cc6n(C)c5=O)c(=O)n42)C3c2cc(I)c(O)c(OC)c2)cc1. The van der Waals surface area contributed by atoms with Crippen LogP contribution in [0, 0.1) is 9.49 Å². The maximum atomic E-state index is 15.6. The summed E-state index contributed by atoms with van der Waals surface area (Å²) in [6.45, 7) is -0.262. The molecule has 2 aromatic heterocycles. The van der Waals surface area contributed by atoms with Gasteiger partial charge in [-0.1, -0.05) is 41.4 Å². The summed E-state index contributed by atoms with van der Waals surface area (Å²) in [5.41, 5.74) is 2.44. The maximum absolute atomic E-state index is 15.6. The molecule has 4 unspecified atom stereocenters. The Morgan fingerprint density at radius 3 is 2.26 bits per heavy atom. The van der Waals surface area contributed by atoms with Crippen molar-refractivity contribution in [1.82, 2.24) is 28.5 Å². The van der Waals surface area contributed by atoms with Gasteiger partial charge >= 0.3 is 11.4 Å². The first-order chi connectivity index (χ1) is 31.2. The molecular weight excluding hydrogens is 996 g/mol. The number of amides is 2. The number of hydrogen-bond acceptors (Lipinski definition) is 12. The number of phenols is 1. The first-order valence-electron chi connectivity index (χ1n) is 20.2. The van der Waals surface area contributed by atoms with Crippen molar-refractivity contribution in [3.8, 4) is 28.7 Å². The largest absolute Gasteiger partial charge is 0.504 e. The minimum Gasteiger partial charge on any atom is -0.504 e. The Hall–Kier alpha value is -6.25. The summed E-state index contributed by atoms with van der Waals surface area (Å²) >= 11 is 14.8. The van der Waals surface area contributed by atoms with Crippen molar-refractivity contribution >= 4 is 74.3 Å². The highest BCUT2D eigenvalue weighted by molar-refractivity contribution is 14.1. The van der Waals surface area contributed by atoms with E-state index in [1.54, 1.807) is 67.7 Å². The van der Waals surface area contributed by atoms with Crippen LogP contribution in [0.1, 0.15) is 35.2 Å². The van der Waals surface area contributed by atoms with E-state index in [-0.39, 0.29) is 53.8 Å². The molecule has 65 heavy (non-hydrogen) atoms. The number of anilines is 1. The van der Waals surface area contributed by atoms with Gasteiger partial charge in [0, 0.05) is 43.1 Å². The number of benzene rings is 4. The van der Waals surface area contributed by atoms with Gasteiger partial charge in [0.2, 0.25) is 0 Å². The molecule has 1 aliphatic carbocycles. The molecule has 4 aromatic carbocycles. The molecular formula is C45H40Cl2IN7O10. The number of carbonyl (C=O) groups is 2. The molecule has 2 amide bonds. The molecule has 6 aromatic rings. The lowest BCUT2D eigenvalue weighted by Crippen LogP contribution is -2.53. The van der Waals surface area contributed by atoms with E-state index >= 15 is 9.59 Å². The second-order valence-corrected chi connectivity index (χ2v) is 17.8. The van der Waals surface area contributed by atoms with Gasteiger partial charge in [0.05, 0.1) is 77.7 Å². The number of hydrazine groups is 1. The molecule has 9 rings (SSSR count). The zero-order chi connectivity index (χ0) is 46.2. The monoisotopic (exact) mass is 1040 g/mol. The van der Waals surface area contributed by atoms with Crippen molar-refractivity contribution in [2.24, 2.45) is 13.0 Å². The molecule has 0 radical (unpaired) electrons. The number of imide groups is 1. The summed E-state index contributed by atoms with van der Waals surface area (Å²) in [6, 6.07) is 17.2. The highest BCUT2D eigenvalue weighted by atomic mass is 127. The summed E-state index contributed by atoms with van der Waals surface area (Å²) in [5, 5.41) is 12.5. The van der Waals surface area contributed by atoms with E-state index in [0.29, 0.717) is 53.6 Å². The van der Waals surface area contributed by atoms with E-state index in [0.717, 1.165) is 9.58 Å². The van der Waals surface area contributed by atoms with Gasteiger partial charge < -0.3 is 28.6 Å². The van der Waals surface area contributed by atoms with Gasteiger partial charge in [-0.15, -0.1) is 0 Å². The Balaban J connectivity index is 1.20. The molecule has 1 saturated heterocycles. The number of hydrogen-bond donors (Lipinski definition) is 2. The molecule has 336 valence electrons. The van der Waals surface area contributed by atoms with Crippen LogP contribution in [0.2, 0.25) is 10.0 Å². The van der Waals surface area contributed by atoms with Crippen LogP contribution in [0.25, 0.3) is 11.0 Å².